The summed E-state index contributed by atoms with van der Waals surface area (Å²) in [5.74, 6) is 0.146. The normalized spacial score (nSPS) is 19.8. The first-order valence-corrected chi connectivity index (χ1v) is 9.80. The van der Waals surface area contributed by atoms with E-state index < -0.39 is 6.29 Å². The molecule has 1 heterocycles. The lowest BCUT2D eigenvalue weighted by Crippen LogP contribution is -2.32. The fourth-order valence-corrected chi connectivity index (χ4v) is 3.96. The molecule has 3 aromatic carbocycles. The van der Waals surface area contributed by atoms with E-state index in [2.05, 4.69) is 59.5 Å². The minimum Gasteiger partial charge on any atom is -0.368 e. The number of halogens is 1. The van der Waals surface area contributed by atoms with Crippen molar-refractivity contribution >= 4 is 22.4 Å². The summed E-state index contributed by atoms with van der Waals surface area (Å²) in [6.45, 7) is 3.07. The maximum Gasteiger partial charge on any atom is 0.158 e. The predicted molar refractivity (Wildman–Crippen MR) is 110 cm³/mol. The van der Waals surface area contributed by atoms with Gasteiger partial charge in [0.1, 0.15) is 0 Å². The second kappa shape index (κ2) is 8.41. The molecule has 2 unspecified atom stereocenters. The lowest BCUT2D eigenvalue weighted by molar-refractivity contribution is -0.0874. The van der Waals surface area contributed by atoms with Crippen LogP contribution in [0.2, 0.25) is 5.02 Å². The van der Waals surface area contributed by atoms with E-state index in [9.17, 15) is 5.11 Å². The number of nitrogens with zero attached hydrogens (tertiary/aromatic N) is 1. The third-order valence-electron chi connectivity index (χ3n) is 5.27. The van der Waals surface area contributed by atoms with Crippen molar-refractivity contribution in [2.45, 2.75) is 25.8 Å². The highest BCUT2D eigenvalue weighted by Crippen LogP contribution is 2.25. The van der Waals surface area contributed by atoms with Crippen LogP contribution in [0.4, 0.5) is 0 Å². The summed E-state index contributed by atoms with van der Waals surface area (Å²) in [6.07, 6.45) is 0.235. The topological polar surface area (TPSA) is 32.7 Å². The molecule has 1 aliphatic heterocycles. The molecule has 3 aromatic rings. The van der Waals surface area contributed by atoms with Crippen molar-refractivity contribution in [2.75, 3.05) is 13.2 Å². The van der Waals surface area contributed by atoms with E-state index in [-0.39, 0.29) is 5.92 Å². The highest BCUT2D eigenvalue weighted by atomic mass is 35.5. The largest absolute Gasteiger partial charge is 0.368 e. The summed E-state index contributed by atoms with van der Waals surface area (Å²) >= 11 is 6.04. The summed E-state index contributed by atoms with van der Waals surface area (Å²) in [5.41, 5.74) is 2.52. The Bertz CT molecular complexity index is 891. The third kappa shape index (κ3) is 4.50. The Kier molecular flexibility index (Phi) is 5.74. The molecule has 0 radical (unpaired) electrons. The maximum atomic E-state index is 10.1. The molecular weight excluding hydrogens is 358 g/mol. The van der Waals surface area contributed by atoms with Crippen molar-refractivity contribution in [2.24, 2.45) is 5.92 Å². The molecule has 1 N–H and O–H groups in total. The van der Waals surface area contributed by atoms with Crippen molar-refractivity contribution in [1.82, 2.24) is 4.90 Å². The third-order valence-corrected chi connectivity index (χ3v) is 5.52. The van der Waals surface area contributed by atoms with Crippen LogP contribution in [0.3, 0.4) is 0 Å². The molecule has 0 aliphatic carbocycles. The Hall–Kier alpha value is -1.91. The van der Waals surface area contributed by atoms with Crippen LogP contribution in [0, 0.1) is 5.92 Å². The smallest absolute Gasteiger partial charge is 0.158 e. The van der Waals surface area contributed by atoms with Crippen molar-refractivity contribution < 1.29 is 9.84 Å². The van der Waals surface area contributed by atoms with Crippen LogP contribution in [0.1, 0.15) is 17.5 Å². The summed E-state index contributed by atoms with van der Waals surface area (Å²) < 4.78 is 5.36. The fourth-order valence-electron chi connectivity index (χ4n) is 3.84. The van der Waals surface area contributed by atoms with Crippen LogP contribution >= 0.6 is 11.6 Å². The Morgan fingerprint density at radius 3 is 2.52 bits per heavy atom. The number of aliphatic hydroxyl groups is 1. The highest BCUT2D eigenvalue weighted by molar-refractivity contribution is 6.30. The van der Waals surface area contributed by atoms with E-state index in [1.54, 1.807) is 0 Å². The van der Waals surface area contributed by atoms with Crippen LogP contribution in [0.15, 0.2) is 66.7 Å². The zero-order valence-corrected chi connectivity index (χ0v) is 16.0. The molecule has 3 nitrogen and oxygen atoms in total. The predicted octanol–water partition coefficient (Wildman–Crippen LogP) is 4.85. The summed E-state index contributed by atoms with van der Waals surface area (Å²) in [5, 5.41) is 13.4. The Morgan fingerprint density at radius 2 is 1.74 bits per heavy atom. The van der Waals surface area contributed by atoms with Gasteiger partial charge in [0.05, 0.1) is 6.61 Å². The van der Waals surface area contributed by atoms with E-state index >= 15 is 0 Å². The van der Waals surface area contributed by atoms with Gasteiger partial charge in [0.15, 0.2) is 6.29 Å². The van der Waals surface area contributed by atoms with Crippen LogP contribution in [-0.2, 0) is 17.8 Å². The van der Waals surface area contributed by atoms with Gasteiger partial charge in [0, 0.05) is 30.6 Å². The van der Waals surface area contributed by atoms with Gasteiger partial charge in [-0.15, -0.1) is 0 Å². The second-order valence-corrected chi connectivity index (χ2v) is 7.68. The van der Waals surface area contributed by atoms with Gasteiger partial charge < -0.3 is 9.84 Å². The standard InChI is InChI=1S/C23H24ClNO2/c24-21-10-8-17(9-11-21)14-25(16-20-12-13-27-23(20)26)15-19-6-3-5-18-4-1-2-7-22(18)19/h1-11,20,23,26H,12-16H2. The van der Waals surface area contributed by atoms with Crippen molar-refractivity contribution in [1.29, 1.82) is 0 Å². The average molecular weight is 382 g/mol. The first-order chi connectivity index (χ1) is 13.2. The van der Waals surface area contributed by atoms with Crippen LogP contribution in [-0.4, -0.2) is 29.4 Å². The van der Waals surface area contributed by atoms with Gasteiger partial charge in [0.25, 0.3) is 0 Å². The van der Waals surface area contributed by atoms with Gasteiger partial charge in [0.2, 0.25) is 0 Å². The zero-order valence-electron chi connectivity index (χ0n) is 15.2. The van der Waals surface area contributed by atoms with E-state index in [0.717, 1.165) is 31.1 Å². The van der Waals surface area contributed by atoms with Crippen molar-refractivity contribution in [3.05, 3.63) is 82.9 Å². The molecule has 2 atom stereocenters. The molecule has 27 heavy (non-hydrogen) atoms. The van der Waals surface area contributed by atoms with Crippen molar-refractivity contribution in [3.63, 3.8) is 0 Å². The van der Waals surface area contributed by atoms with Gasteiger partial charge in [-0.25, -0.2) is 0 Å². The number of hydrogen-bond donors (Lipinski definition) is 1. The average Bonchev–Trinajstić information content (AvgIpc) is 3.08. The van der Waals surface area contributed by atoms with Gasteiger partial charge in [-0.05, 0) is 40.5 Å². The lowest BCUT2D eigenvalue weighted by atomic mass is 10.0. The van der Waals surface area contributed by atoms with Gasteiger partial charge in [-0.1, -0.05) is 66.2 Å². The van der Waals surface area contributed by atoms with Crippen LogP contribution in [0.25, 0.3) is 10.8 Å². The second-order valence-electron chi connectivity index (χ2n) is 7.24. The molecule has 0 spiro atoms. The lowest BCUT2D eigenvalue weighted by Gasteiger charge is -2.27. The van der Waals surface area contributed by atoms with E-state index in [0.29, 0.717) is 6.61 Å². The Morgan fingerprint density at radius 1 is 0.963 bits per heavy atom. The quantitative estimate of drug-likeness (QED) is 0.662. The molecular formula is C23H24ClNO2. The Balaban J connectivity index is 1.59. The minimum absolute atomic E-state index is 0.146. The number of fused-ring (bicyclic) bond motifs is 1. The molecule has 140 valence electrons. The van der Waals surface area contributed by atoms with E-state index in [1.807, 2.05) is 12.1 Å². The van der Waals surface area contributed by atoms with Gasteiger partial charge >= 0.3 is 0 Å². The molecule has 1 saturated heterocycles. The Labute approximate surface area is 165 Å². The minimum atomic E-state index is -0.662. The zero-order chi connectivity index (χ0) is 18.6. The number of ether oxygens (including phenoxy) is 1. The molecule has 1 aliphatic rings. The molecule has 4 heteroatoms. The van der Waals surface area contributed by atoms with E-state index in [1.165, 1.54) is 21.9 Å². The maximum absolute atomic E-state index is 10.1. The summed E-state index contributed by atoms with van der Waals surface area (Å²) in [6, 6.07) is 23.0. The SMILES string of the molecule is OC1OCCC1CN(Cc1ccc(Cl)cc1)Cc1cccc2ccccc12. The number of hydrogen-bond acceptors (Lipinski definition) is 3. The summed E-state index contributed by atoms with van der Waals surface area (Å²) in [4.78, 5) is 2.40. The van der Waals surface area contributed by atoms with Crippen molar-refractivity contribution in [3.8, 4) is 0 Å². The molecule has 0 saturated carbocycles. The monoisotopic (exact) mass is 381 g/mol. The first kappa shape index (κ1) is 18.5. The molecule has 0 amide bonds. The molecule has 4 rings (SSSR count). The molecule has 1 fully saturated rings. The number of benzene rings is 3. The van der Waals surface area contributed by atoms with Gasteiger partial charge in [-0.2, -0.15) is 0 Å². The van der Waals surface area contributed by atoms with Crippen LogP contribution in [0.5, 0.6) is 0 Å². The fraction of sp³-hybridized carbons (Fsp3) is 0.304. The first-order valence-electron chi connectivity index (χ1n) is 9.42. The van der Waals surface area contributed by atoms with E-state index in [4.69, 9.17) is 16.3 Å². The number of aliphatic hydroxyl groups excluding tert-OH is 1. The van der Waals surface area contributed by atoms with Gasteiger partial charge in [-0.3, -0.25) is 4.90 Å². The molecule has 0 aromatic heterocycles. The number of rotatable bonds is 6. The molecule has 0 bridgehead atoms. The highest BCUT2D eigenvalue weighted by Gasteiger charge is 2.28. The summed E-state index contributed by atoms with van der Waals surface area (Å²) in [7, 11) is 0. The van der Waals surface area contributed by atoms with Crippen LogP contribution < -0.4 is 0 Å².